The molecule has 0 radical (unpaired) electrons. The minimum absolute atomic E-state index is 0. The molecule has 26 heavy (non-hydrogen) atoms. The highest BCUT2D eigenvalue weighted by atomic mass is 127. The third-order valence-corrected chi connectivity index (χ3v) is 3.79. The van der Waals surface area contributed by atoms with E-state index in [4.69, 9.17) is 15.2 Å². The summed E-state index contributed by atoms with van der Waals surface area (Å²) in [7, 11) is 3.33. The Morgan fingerprint density at radius 2 is 2.00 bits per heavy atom. The van der Waals surface area contributed by atoms with E-state index in [0.717, 1.165) is 48.6 Å². The number of methoxy groups -OCH3 is 2. The number of halogens is 1. The Morgan fingerprint density at radius 3 is 2.69 bits per heavy atom. The summed E-state index contributed by atoms with van der Waals surface area (Å²) in [4.78, 5) is 8.63. The highest BCUT2D eigenvalue weighted by Gasteiger charge is 2.04. The highest BCUT2D eigenvalue weighted by Crippen LogP contribution is 2.24. The predicted molar refractivity (Wildman–Crippen MR) is 116 cm³/mol. The Labute approximate surface area is 172 Å². The highest BCUT2D eigenvalue weighted by molar-refractivity contribution is 14.0. The van der Waals surface area contributed by atoms with Gasteiger partial charge >= 0.3 is 0 Å². The number of aromatic nitrogens is 1. The average Bonchev–Trinajstić information content (AvgIpc) is 2.66. The van der Waals surface area contributed by atoms with Crippen LogP contribution in [0, 0.1) is 0 Å². The van der Waals surface area contributed by atoms with Gasteiger partial charge in [0.1, 0.15) is 11.5 Å². The van der Waals surface area contributed by atoms with E-state index in [9.17, 15) is 0 Å². The number of pyridine rings is 1. The summed E-state index contributed by atoms with van der Waals surface area (Å²) in [6.45, 7) is 1.37. The number of ether oxygens (including phenoxy) is 2. The Hall–Kier alpha value is -2.03. The summed E-state index contributed by atoms with van der Waals surface area (Å²) in [6.07, 6.45) is 4.34. The molecule has 0 aliphatic carbocycles. The number of aryl methyl sites for hydroxylation is 1. The van der Waals surface area contributed by atoms with Crippen LogP contribution in [0.4, 0.5) is 0 Å². The van der Waals surface area contributed by atoms with Crippen molar-refractivity contribution < 1.29 is 9.47 Å². The van der Waals surface area contributed by atoms with Crippen molar-refractivity contribution in [2.45, 2.75) is 19.3 Å². The summed E-state index contributed by atoms with van der Waals surface area (Å²) < 4.78 is 10.6. The first kappa shape index (κ1) is 22.0. The van der Waals surface area contributed by atoms with E-state index in [-0.39, 0.29) is 24.0 Å². The smallest absolute Gasteiger partial charge is 0.188 e. The van der Waals surface area contributed by atoms with E-state index in [1.165, 1.54) is 0 Å². The largest absolute Gasteiger partial charge is 0.497 e. The normalized spacial score (nSPS) is 10.8. The summed E-state index contributed by atoms with van der Waals surface area (Å²) >= 11 is 0. The van der Waals surface area contributed by atoms with Crippen LogP contribution in [0.25, 0.3) is 0 Å². The zero-order chi connectivity index (χ0) is 17.9. The molecule has 3 N–H and O–H groups in total. The second-order valence-corrected chi connectivity index (χ2v) is 5.55. The van der Waals surface area contributed by atoms with Crippen molar-refractivity contribution in [1.29, 1.82) is 0 Å². The van der Waals surface area contributed by atoms with Gasteiger partial charge in [0.25, 0.3) is 0 Å². The fourth-order valence-electron chi connectivity index (χ4n) is 2.47. The Balaban J connectivity index is 0.00000338. The van der Waals surface area contributed by atoms with Gasteiger partial charge in [-0.15, -0.1) is 24.0 Å². The Bertz CT molecular complexity index is 680. The monoisotopic (exact) mass is 470 g/mol. The second-order valence-electron chi connectivity index (χ2n) is 5.55. The third kappa shape index (κ3) is 7.47. The van der Waals surface area contributed by atoms with Crippen molar-refractivity contribution in [1.82, 2.24) is 10.3 Å². The van der Waals surface area contributed by atoms with E-state index < -0.39 is 0 Å². The predicted octanol–water partition coefficient (Wildman–Crippen LogP) is 2.80. The molecule has 0 aliphatic rings. The van der Waals surface area contributed by atoms with Crippen LogP contribution < -0.4 is 20.5 Å². The molecule has 1 aromatic carbocycles. The van der Waals surface area contributed by atoms with Crippen LogP contribution in [0.5, 0.6) is 11.5 Å². The van der Waals surface area contributed by atoms with Crippen molar-refractivity contribution in [3.8, 4) is 11.5 Å². The van der Waals surface area contributed by atoms with Crippen molar-refractivity contribution in [2.24, 2.45) is 10.7 Å². The molecule has 2 rings (SSSR count). The van der Waals surface area contributed by atoms with E-state index in [2.05, 4.69) is 15.3 Å². The van der Waals surface area contributed by atoms with Crippen molar-refractivity contribution >= 4 is 29.9 Å². The molecule has 1 aromatic heterocycles. The molecule has 0 bridgehead atoms. The first-order valence-corrected chi connectivity index (χ1v) is 8.37. The lowest BCUT2D eigenvalue weighted by Gasteiger charge is -2.10. The van der Waals surface area contributed by atoms with E-state index in [1.54, 1.807) is 20.4 Å². The van der Waals surface area contributed by atoms with Gasteiger partial charge in [-0.1, -0.05) is 6.07 Å². The molecule has 0 fully saturated rings. The van der Waals surface area contributed by atoms with Crippen molar-refractivity contribution in [2.75, 3.05) is 27.3 Å². The minimum atomic E-state index is 0. The van der Waals surface area contributed by atoms with Gasteiger partial charge in [0.15, 0.2) is 5.96 Å². The molecule has 0 unspecified atom stereocenters. The van der Waals surface area contributed by atoms with Gasteiger partial charge in [-0.25, -0.2) is 0 Å². The van der Waals surface area contributed by atoms with Gasteiger partial charge in [-0.05, 0) is 48.7 Å². The van der Waals surface area contributed by atoms with E-state index >= 15 is 0 Å². The van der Waals surface area contributed by atoms with Crippen molar-refractivity contribution in [3.05, 3.63) is 53.9 Å². The van der Waals surface area contributed by atoms with Crippen LogP contribution in [-0.2, 0) is 12.8 Å². The molecular formula is C19H27IN4O2. The van der Waals surface area contributed by atoms with Crippen LogP contribution in [-0.4, -0.2) is 38.3 Å². The first-order chi connectivity index (χ1) is 12.2. The molecule has 0 saturated heterocycles. The summed E-state index contributed by atoms with van der Waals surface area (Å²) in [6, 6.07) is 11.7. The Kier molecular flexibility index (Phi) is 10.5. The maximum absolute atomic E-state index is 5.89. The maximum Gasteiger partial charge on any atom is 0.188 e. The van der Waals surface area contributed by atoms with E-state index in [0.29, 0.717) is 12.5 Å². The number of nitrogens with one attached hydrogen (secondary N) is 1. The van der Waals surface area contributed by atoms with Gasteiger partial charge in [0, 0.05) is 31.4 Å². The minimum Gasteiger partial charge on any atom is -0.497 e. The zero-order valence-corrected chi connectivity index (χ0v) is 17.6. The Morgan fingerprint density at radius 1 is 1.15 bits per heavy atom. The zero-order valence-electron chi connectivity index (χ0n) is 15.3. The summed E-state index contributed by atoms with van der Waals surface area (Å²) in [5.41, 5.74) is 8.04. The molecule has 0 aliphatic heterocycles. The van der Waals surface area contributed by atoms with Gasteiger partial charge < -0.3 is 20.5 Å². The van der Waals surface area contributed by atoms with Crippen LogP contribution in [0.2, 0.25) is 0 Å². The number of aliphatic imine (C=N–C) groups is 1. The lowest BCUT2D eigenvalue weighted by Crippen LogP contribution is -2.33. The molecule has 0 saturated carbocycles. The van der Waals surface area contributed by atoms with Crippen molar-refractivity contribution in [3.63, 3.8) is 0 Å². The third-order valence-electron chi connectivity index (χ3n) is 3.79. The van der Waals surface area contributed by atoms with Gasteiger partial charge in [0.2, 0.25) is 0 Å². The van der Waals surface area contributed by atoms with Crippen LogP contribution in [0.1, 0.15) is 17.7 Å². The standard InChI is InChI=1S/C19H26N4O2.HI/c1-24-17-8-9-18(25-2)15(14-17)6-5-12-22-19(20)23-13-10-16-7-3-4-11-21-16;/h3-4,7-9,11,14H,5-6,10,12-13H2,1-2H3,(H3,20,22,23);1H. The SMILES string of the molecule is COc1ccc(OC)c(CCCN=C(N)NCCc2ccccn2)c1.I. The molecule has 0 spiro atoms. The number of hydrogen-bond acceptors (Lipinski definition) is 4. The van der Waals surface area contributed by atoms with Crippen LogP contribution >= 0.6 is 24.0 Å². The number of guanidine groups is 1. The lowest BCUT2D eigenvalue weighted by atomic mass is 10.1. The summed E-state index contributed by atoms with van der Waals surface area (Å²) in [5, 5.41) is 3.11. The molecule has 7 heteroatoms. The van der Waals surface area contributed by atoms with Gasteiger partial charge in [-0.3, -0.25) is 9.98 Å². The lowest BCUT2D eigenvalue weighted by molar-refractivity contribution is 0.398. The number of nitrogens with two attached hydrogens (primary N) is 1. The summed E-state index contributed by atoms with van der Waals surface area (Å²) in [5.74, 6) is 2.16. The molecule has 1 heterocycles. The van der Waals surface area contributed by atoms with Crippen LogP contribution in [0.15, 0.2) is 47.6 Å². The average molecular weight is 470 g/mol. The first-order valence-electron chi connectivity index (χ1n) is 8.37. The number of hydrogen-bond donors (Lipinski definition) is 2. The van der Waals surface area contributed by atoms with Crippen LogP contribution in [0.3, 0.4) is 0 Å². The molecule has 2 aromatic rings. The molecule has 0 amide bonds. The molecule has 6 nitrogen and oxygen atoms in total. The molecule has 142 valence electrons. The fraction of sp³-hybridized carbons (Fsp3) is 0.368. The number of nitrogens with zero attached hydrogens (tertiary/aromatic N) is 2. The van der Waals surface area contributed by atoms with Gasteiger partial charge in [0.05, 0.1) is 14.2 Å². The quantitative estimate of drug-likeness (QED) is 0.255. The topological polar surface area (TPSA) is 81.8 Å². The maximum atomic E-state index is 5.89. The van der Waals surface area contributed by atoms with Gasteiger partial charge in [-0.2, -0.15) is 0 Å². The molecular weight excluding hydrogens is 443 g/mol. The van der Waals surface area contributed by atoms with E-state index in [1.807, 2.05) is 36.4 Å². The second kappa shape index (κ2) is 12.3. The fourth-order valence-corrected chi connectivity index (χ4v) is 2.47. The number of benzene rings is 1. The number of rotatable bonds is 9. The molecule has 0 atom stereocenters.